The number of nitrogens with zero attached hydrogens (tertiary/aromatic N) is 1. The van der Waals surface area contributed by atoms with E-state index in [1.165, 1.54) is 6.07 Å². The van der Waals surface area contributed by atoms with Crippen molar-refractivity contribution in [3.05, 3.63) is 35.1 Å². The van der Waals surface area contributed by atoms with E-state index in [0.29, 0.717) is 19.0 Å². The number of nitrogens with two attached hydrogens (primary N) is 1. The lowest BCUT2D eigenvalue weighted by atomic mass is 9.90. The molecule has 1 aromatic rings. The molecule has 1 aliphatic heterocycles. The number of piperidine rings is 1. The molecule has 5 heteroatoms. The highest BCUT2D eigenvalue weighted by atomic mass is 35.5. The number of carbonyl (C=O) groups excluding carboxylic acids is 1. The highest BCUT2D eigenvalue weighted by Gasteiger charge is 2.32. The molecule has 1 saturated heterocycles. The lowest BCUT2D eigenvalue weighted by Crippen LogP contribution is -2.51. The maximum absolute atomic E-state index is 13.9. The van der Waals surface area contributed by atoms with Gasteiger partial charge in [0.2, 0.25) is 0 Å². The van der Waals surface area contributed by atoms with Crippen LogP contribution in [0.1, 0.15) is 35.7 Å². The summed E-state index contributed by atoms with van der Waals surface area (Å²) in [6.45, 7) is 5.00. The predicted octanol–water partition coefficient (Wildman–Crippen LogP) is 2.76. The van der Waals surface area contributed by atoms with Crippen LogP contribution in [0.3, 0.4) is 0 Å². The van der Waals surface area contributed by atoms with E-state index in [1.54, 1.807) is 17.0 Å². The molecule has 1 amide bonds. The van der Waals surface area contributed by atoms with Crippen LogP contribution in [0, 0.1) is 18.7 Å². The Kier molecular flexibility index (Phi) is 5.96. The molecular weight excluding hydrogens is 279 g/mol. The minimum Gasteiger partial charge on any atom is -0.334 e. The van der Waals surface area contributed by atoms with Crippen LogP contribution in [0.2, 0.25) is 0 Å². The number of hydrogen-bond acceptors (Lipinski definition) is 2. The smallest absolute Gasteiger partial charge is 0.257 e. The lowest BCUT2D eigenvalue weighted by molar-refractivity contribution is 0.0528. The molecule has 2 N–H and O–H groups in total. The lowest BCUT2D eigenvalue weighted by Gasteiger charge is -2.39. The van der Waals surface area contributed by atoms with Crippen molar-refractivity contribution in [2.24, 2.45) is 11.7 Å². The minimum atomic E-state index is -0.445. The van der Waals surface area contributed by atoms with E-state index in [4.69, 9.17) is 5.73 Å². The number of benzene rings is 1. The SMILES string of the molecule is Cc1ccc(C(=O)N2CCCC(C)C2CN)c(F)c1.Cl. The molecule has 2 unspecified atom stereocenters. The highest BCUT2D eigenvalue weighted by molar-refractivity contribution is 5.94. The minimum absolute atomic E-state index is 0. The molecule has 3 nitrogen and oxygen atoms in total. The second-order valence-electron chi connectivity index (χ2n) is 5.40. The first kappa shape index (κ1) is 16.9. The average Bonchev–Trinajstić information content (AvgIpc) is 2.37. The van der Waals surface area contributed by atoms with E-state index in [1.807, 2.05) is 6.92 Å². The Morgan fingerprint density at radius 1 is 1.50 bits per heavy atom. The first-order chi connectivity index (χ1) is 9.04. The Hall–Kier alpha value is -1.13. The molecule has 112 valence electrons. The third-order valence-electron chi connectivity index (χ3n) is 3.97. The highest BCUT2D eigenvalue weighted by Crippen LogP contribution is 2.25. The molecule has 0 bridgehead atoms. The number of likely N-dealkylation sites (tertiary alicyclic amines) is 1. The van der Waals surface area contributed by atoms with Gasteiger partial charge in [-0.2, -0.15) is 0 Å². The first-order valence-corrected chi connectivity index (χ1v) is 6.81. The summed E-state index contributed by atoms with van der Waals surface area (Å²) in [5.41, 5.74) is 6.74. The van der Waals surface area contributed by atoms with Crippen molar-refractivity contribution in [1.29, 1.82) is 0 Å². The molecule has 1 fully saturated rings. The van der Waals surface area contributed by atoms with Crippen molar-refractivity contribution in [3.63, 3.8) is 0 Å². The number of hydrogen-bond donors (Lipinski definition) is 1. The fourth-order valence-electron chi connectivity index (χ4n) is 2.81. The van der Waals surface area contributed by atoms with Crippen LogP contribution in [-0.4, -0.2) is 29.9 Å². The number of rotatable bonds is 2. The molecule has 2 rings (SSSR count). The third kappa shape index (κ3) is 3.30. The van der Waals surface area contributed by atoms with Gasteiger partial charge in [-0.15, -0.1) is 12.4 Å². The number of aryl methyl sites for hydroxylation is 1. The van der Waals surface area contributed by atoms with Crippen molar-refractivity contribution in [2.45, 2.75) is 32.7 Å². The zero-order valence-electron chi connectivity index (χ0n) is 11.9. The van der Waals surface area contributed by atoms with Gasteiger partial charge in [0.25, 0.3) is 5.91 Å². The van der Waals surface area contributed by atoms with Gasteiger partial charge in [0.15, 0.2) is 0 Å². The second kappa shape index (κ2) is 7.04. The third-order valence-corrected chi connectivity index (χ3v) is 3.97. The van der Waals surface area contributed by atoms with Crippen molar-refractivity contribution < 1.29 is 9.18 Å². The summed E-state index contributed by atoms with van der Waals surface area (Å²) < 4.78 is 13.9. The first-order valence-electron chi connectivity index (χ1n) is 6.81. The standard InChI is InChI=1S/C15H21FN2O.ClH/c1-10-5-6-12(13(16)8-10)15(19)18-7-3-4-11(2)14(18)9-17;/h5-6,8,11,14H,3-4,7,9,17H2,1-2H3;1H. The van der Waals surface area contributed by atoms with Crippen LogP contribution in [0.5, 0.6) is 0 Å². The van der Waals surface area contributed by atoms with E-state index in [-0.39, 0.29) is 29.9 Å². The molecule has 1 aromatic carbocycles. The van der Waals surface area contributed by atoms with Gasteiger partial charge < -0.3 is 10.6 Å². The fraction of sp³-hybridized carbons (Fsp3) is 0.533. The van der Waals surface area contributed by atoms with Gasteiger partial charge in [-0.3, -0.25) is 4.79 Å². The van der Waals surface area contributed by atoms with E-state index < -0.39 is 5.82 Å². The molecule has 2 atom stereocenters. The fourth-order valence-corrected chi connectivity index (χ4v) is 2.81. The molecule has 0 spiro atoms. The van der Waals surface area contributed by atoms with E-state index in [2.05, 4.69) is 6.92 Å². The van der Waals surface area contributed by atoms with Crippen LogP contribution in [0.25, 0.3) is 0 Å². The van der Waals surface area contributed by atoms with Gasteiger partial charge in [0.1, 0.15) is 5.82 Å². The Morgan fingerprint density at radius 3 is 2.80 bits per heavy atom. The van der Waals surface area contributed by atoms with E-state index in [0.717, 1.165) is 18.4 Å². The van der Waals surface area contributed by atoms with Crippen molar-refractivity contribution in [3.8, 4) is 0 Å². The Bertz CT molecular complexity index is 481. The normalized spacial score (nSPS) is 22.3. The summed E-state index contributed by atoms with van der Waals surface area (Å²) in [4.78, 5) is 14.2. The van der Waals surface area contributed by atoms with Gasteiger partial charge in [-0.05, 0) is 43.4 Å². The Morgan fingerprint density at radius 2 is 2.20 bits per heavy atom. The summed E-state index contributed by atoms with van der Waals surface area (Å²) >= 11 is 0. The summed E-state index contributed by atoms with van der Waals surface area (Å²) in [5, 5.41) is 0. The zero-order valence-corrected chi connectivity index (χ0v) is 12.8. The molecule has 0 radical (unpaired) electrons. The molecule has 1 aliphatic rings. The molecular formula is C15H22ClFN2O. The van der Waals surface area contributed by atoms with E-state index >= 15 is 0 Å². The van der Waals surface area contributed by atoms with Crippen molar-refractivity contribution in [1.82, 2.24) is 4.90 Å². The van der Waals surface area contributed by atoms with Gasteiger partial charge in [0, 0.05) is 19.1 Å². The predicted molar refractivity (Wildman–Crippen MR) is 80.7 cm³/mol. The Labute approximate surface area is 125 Å². The quantitative estimate of drug-likeness (QED) is 0.913. The van der Waals surface area contributed by atoms with Crippen molar-refractivity contribution in [2.75, 3.05) is 13.1 Å². The monoisotopic (exact) mass is 300 g/mol. The number of carbonyl (C=O) groups is 1. The summed E-state index contributed by atoms with van der Waals surface area (Å²) in [6.07, 6.45) is 2.03. The summed E-state index contributed by atoms with van der Waals surface area (Å²) in [6, 6.07) is 4.75. The maximum atomic E-state index is 13.9. The molecule has 1 heterocycles. The van der Waals surface area contributed by atoms with Crippen LogP contribution >= 0.6 is 12.4 Å². The second-order valence-corrected chi connectivity index (χ2v) is 5.40. The van der Waals surface area contributed by atoms with Crippen LogP contribution in [0.4, 0.5) is 4.39 Å². The van der Waals surface area contributed by atoms with Gasteiger partial charge in [-0.25, -0.2) is 4.39 Å². The molecule has 0 aromatic heterocycles. The van der Waals surface area contributed by atoms with Crippen LogP contribution in [0.15, 0.2) is 18.2 Å². The molecule has 20 heavy (non-hydrogen) atoms. The summed E-state index contributed by atoms with van der Waals surface area (Å²) in [5.74, 6) is -0.310. The maximum Gasteiger partial charge on any atom is 0.257 e. The van der Waals surface area contributed by atoms with Gasteiger partial charge in [-0.1, -0.05) is 13.0 Å². The number of amides is 1. The van der Waals surface area contributed by atoms with Crippen LogP contribution < -0.4 is 5.73 Å². The Balaban J connectivity index is 0.00000200. The van der Waals surface area contributed by atoms with E-state index in [9.17, 15) is 9.18 Å². The summed E-state index contributed by atoms with van der Waals surface area (Å²) in [7, 11) is 0. The van der Waals surface area contributed by atoms with Crippen LogP contribution in [-0.2, 0) is 0 Å². The average molecular weight is 301 g/mol. The van der Waals surface area contributed by atoms with Crippen molar-refractivity contribution >= 4 is 18.3 Å². The van der Waals surface area contributed by atoms with Gasteiger partial charge >= 0.3 is 0 Å². The molecule has 0 saturated carbocycles. The zero-order chi connectivity index (χ0) is 14.0. The topological polar surface area (TPSA) is 46.3 Å². The largest absolute Gasteiger partial charge is 0.334 e. The van der Waals surface area contributed by atoms with Gasteiger partial charge in [0.05, 0.1) is 5.56 Å². The molecule has 0 aliphatic carbocycles. The number of halogens is 2.